The molecule has 0 aliphatic heterocycles. The second-order valence-electron chi connectivity index (χ2n) is 6.66. The Morgan fingerprint density at radius 2 is 2.00 bits per heavy atom. The molecule has 2 nitrogen and oxygen atoms in total. The van der Waals surface area contributed by atoms with E-state index in [2.05, 4.69) is 5.32 Å². The summed E-state index contributed by atoms with van der Waals surface area (Å²) in [6.07, 6.45) is 9.79. The van der Waals surface area contributed by atoms with Crippen LogP contribution in [-0.2, 0) is 4.79 Å². The van der Waals surface area contributed by atoms with Gasteiger partial charge in [0.15, 0.2) is 0 Å². The van der Waals surface area contributed by atoms with Crippen molar-refractivity contribution in [2.75, 3.05) is 5.88 Å². The fraction of sp³-hybridized carbons (Fsp3) is 0.933. The monoisotopic (exact) mass is 269 g/mol. The smallest absolute Gasteiger partial charge is 0.220 e. The molecule has 3 saturated carbocycles. The van der Waals surface area contributed by atoms with Crippen LogP contribution in [0.3, 0.4) is 0 Å². The third-order valence-corrected chi connectivity index (χ3v) is 5.93. The van der Waals surface area contributed by atoms with Gasteiger partial charge in [0.2, 0.25) is 5.91 Å². The van der Waals surface area contributed by atoms with Gasteiger partial charge in [0.1, 0.15) is 0 Å². The topological polar surface area (TPSA) is 29.1 Å². The number of rotatable bonds is 4. The van der Waals surface area contributed by atoms with E-state index in [4.69, 9.17) is 11.6 Å². The van der Waals surface area contributed by atoms with Gasteiger partial charge < -0.3 is 5.32 Å². The van der Waals surface area contributed by atoms with Crippen LogP contribution >= 0.6 is 11.6 Å². The molecule has 3 fully saturated rings. The van der Waals surface area contributed by atoms with Crippen molar-refractivity contribution >= 4 is 17.5 Å². The summed E-state index contributed by atoms with van der Waals surface area (Å²) in [4.78, 5) is 12.1. The molecule has 3 aliphatic carbocycles. The van der Waals surface area contributed by atoms with Crippen molar-refractivity contribution in [1.82, 2.24) is 5.32 Å². The number of hydrogen-bond acceptors (Lipinski definition) is 1. The second kappa shape index (κ2) is 5.40. The van der Waals surface area contributed by atoms with Crippen LogP contribution in [0.2, 0.25) is 0 Å². The summed E-state index contributed by atoms with van der Waals surface area (Å²) in [6.45, 7) is 0. The Morgan fingerprint density at radius 3 is 2.67 bits per heavy atom. The quantitative estimate of drug-likeness (QED) is 0.780. The van der Waals surface area contributed by atoms with Gasteiger partial charge >= 0.3 is 0 Å². The van der Waals surface area contributed by atoms with Gasteiger partial charge in [-0.1, -0.05) is 12.8 Å². The molecule has 0 radical (unpaired) electrons. The molecule has 18 heavy (non-hydrogen) atoms. The molecule has 102 valence electrons. The maximum Gasteiger partial charge on any atom is 0.220 e. The van der Waals surface area contributed by atoms with E-state index in [0.717, 1.165) is 24.7 Å². The molecule has 0 saturated heterocycles. The van der Waals surface area contributed by atoms with Crippen LogP contribution in [0.5, 0.6) is 0 Å². The predicted molar refractivity (Wildman–Crippen MR) is 73.5 cm³/mol. The van der Waals surface area contributed by atoms with Crippen molar-refractivity contribution in [2.24, 2.45) is 23.7 Å². The third kappa shape index (κ3) is 2.54. The van der Waals surface area contributed by atoms with Gasteiger partial charge in [-0.2, -0.15) is 0 Å². The first-order valence-electron chi connectivity index (χ1n) is 7.61. The number of hydrogen-bond donors (Lipinski definition) is 1. The zero-order valence-corrected chi connectivity index (χ0v) is 11.8. The summed E-state index contributed by atoms with van der Waals surface area (Å²) in [7, 11) is 0. The van der Waals surface area contributed by atoms with Gasteiger partial charge in [-0.15, -0.1) is 11.6 Å². The van der Waals surface area contributed by atoms with Crippen LogP contribution in [0.4, 0.5) is 0 Å². The minimum atomic E-state index is 0.287. The minimum Gasteiger partial charge on any atom is -0.353 e. The average Bonchev–Trinajstić information content (AvgIpc) is 3.04. The number of nitrogens with one attached hydrogen (secondary N) is 1. The number of halogens is 1. The first-order valence-corrected chi connectivity index (χ1v) is 8.15. The fourth-order valence-electron chi connectivity index (χ4n) is 4.54. The molecular weight excluding hydrogens is 246 g/mol. The zero-order chi connectivity index (χ0) is 12.5. The van der Waals surface area contributed by atoms with E-state index in [1.54, 1.807) is 0 Å². The van der Waals surface area contributed by atoms with Crippen molar-refractivity contribution in [3.63, 3.8) is 0 Å². The molecule has 3 aliphatic rings. The Balaban J connectivity index is 1.47. The maximum atomic E-state index is 12.1. The summed E-state index contributed by atoms with van der Waals surface area (Å²) in [5.41, 5.74) is 0. The molecule has 3 heteroatoms. The number of carbonyl (C=O) groups is 1. The first-order chi connectivity index (χ1) is 8.76. The molecule has 5 unspecified atom stereocenters. The van der Waals surface area contributed by atoms with E-state index < -0.39 is 0 Å². The summed E-state index contributed by atoms with van der Waals surface area (Å²) in [5, 5.41) is 3.24. The van der Waals surface area contributed by atoms with Crippen LogP contribution in [0.15, 0.2) is 0 Å². The highest BCUT2D eigenvalue weighted by molar-refractivity contribution is 6.18. The molecule has 1 N–H and O–H groups in total. The van der Waals surface area contributed by atoms with E-state index in [1.807, 2.05) is 0 Å². The molecule has 0 aromatic heterocycles. The van der Waals surface area contributed by atoms with Gasteiger partial charge in [0.25, 0.3) is 0 Å². The highest BCUT2D eigenvalue weighted by Gasteiger charge is 2.40. The molecule has 5 atom stereocenters. The van der Waals surface area contributed by atoms with E-state index in [0.29, 0.717) is 23.8 Å². The minimum absolute atomic E-state index is 0.287. The fourth-order valence-corrected chi connectivity index (χ4v) is 4.91. The molecule has 1 amide bonds. The second-order valence-corrected chi connectivity index (χ2v) is 6.97. The van der Waals surface area contributed by atoms with Crippen molar-refractivity contribution in [3.8, 4) is 0 Å². The van der Waals surface area contributed by atoms with Gasteiger partial charge in [0, 0.05) is 18.3 Å². The third-order valence-electron chi connectivity index (χ3n) is 5.54. The van der Waals surface area contributed by atoms with Gasteiger partial charge in [-0.25, -0.2) is 0 Å². The highest BCUT2D eigenvalue weighted by atomic mass is 35.5. The van der Waals surface area contributed by atoms with Crippen molar-refractivity contribution < 1.29 is 4.79 Å². The zero-order valence-electron chi connectivity index (χ0n) is 11.0. The number of fused-ring (bicyclic) bond motifs is 2. The number of alkyl halides is 1. The molecular formula is C15H24ClNO. The van der Waals surface area contributed by atoms with Crippen molar-refractivity contribution in [2.45, 2.75) is 57.4 Å². The molecule has 0 heterocycles. The molecule has 0 aromatic carbocycles. The van der Waals surface area contributed by atoms with Gasteiger partial charge in [-0.05, 0) is 55.8 Å². The Hall–Kier alpha value is -0.240. The molecule has 0 aromatic rings. The van der Waals surface area contributed by atoms with Gasteiger partial charge in [-0.3, -0.25) is 4.79 Å². The number of carbonyl (C=O) groups excluding carboxylic acids is 1. The normalized spacial score (nSPS) is 42.4. The van der Waals surface area contributed by atoms with Crippen LogP contribution in [0.25, 0.3) is 0 Å². The summed E-state index contributed by atoms with van der Waals surface area (Å²) in [6, 6.07) is 0.355. The van der Waals surface area contributed by atoms with Crippen molar-refractivity contribution in [3.05, 3.63) is 0 Å². The molecule has 2 bridgehead atoms. The van der Waals surface area contributed by atoms with E-state index >= 15 is 0 Å². The van der Waals surface area contributed by atoms with Crippen LogP contribution in [0, 0.1) is 23.7 Å². The van der Waals surface area contributed by atoms with Crippen LogP contribution in [-0.4, -0.2) is 17.8 Å². The van der Waals surface area contributed by atoms with E-state index in [-0.39, 0.29) is 5.91 Å². The summed E-state index contributed by atoms with van der Waals surface area (Å²) < 4.78 is 0. The SMILES string of the molecule is O=C(CC1CC2CCC1C2)NC1CCCC1CCl. The molecule has 3 rings (SSSR count). The highest BCUT2D eigenvalue weighted by Crippen LogP contribution is 2.49. The van der Waals surface area contributed by atoms with Crippen LogP contribution < -0.4 is 5.32 Å². The standard InChI is InChI=1S/C15H24ClNO/c16-9-12-2-1-3-14(12)17-15(18)8-13-7-10-4-5-11(13)6-10/h10-14H,1-9H2,(H,17,18). The lowest BCUT2D eigenvalue weighted by atomic mass is 9.86. The lowest BCUT2D eigenvalue weighted by Gasteiger charge is -2.23. The Labute approximate surface area is 115 Å². The van der Waals surface area contributed by atoms with E-state index in [9.17, 15) is 4.79 Å². The Bertz CT molecular complexity index is 310. The largest absolute Gasteiger partial charge is 0.353 e. The van der Waals surface area contributed by atoms with E-state index in [1.165, 1.54) is 38.5 Å². The van der Waals surface area contributed by atoms with Gasteiger partial charge in [0.05, 0.1) is 0 Å². The number of amides is 1. The lowest BCUT2D eigenvalue weighted by Crippen LogP contribution is -2.39. The first kappa shape index (κ1) is 12.8. The van der Waals surface area contributed by atoms with Crippen LogP contribution in [0.1, 0.15) is 51.4 Å². The lowest BCUT2D eigenvalue weighted by molar-refractivity contribution is -0.123. The Morgan fingerprint density at radius 1 is 1.11 bits per heavy atom. The molecule has 0 spiro atoms. The summed E-state index contributed by atoms with van der Waals surface area (Å²) >= 11 is 5.96. The average molecular weight is 270 g/mol. The predicted octanol–water partition coefficient (Wildman–Crippen LogP) is 3.34. The summed E-state index contributed by atoms with van der Waals surface area (Å²) in [5.74, 6) is 3.96. The maximum absolute atomic E-state index is 12.1. The Kier molecular flexibility index (Phi) is 3.83. The van der Waals surface area contributed by atoms with Crippen molar-refractivity contribution in [1.29, 1.82) is 0 Å².